The summed E-state index contributed by atoms with van der Waals surface area (Å²) in [6, 6.07) is 83.1. The highest BCUT2D eigenvalue weighted by molar-refractivity contribution is 6.33. The fourth-order valence-electron chi connectivity index (χ4n) is 13.6. The Morgan fingerprint density at radius 2 is 0.643 bits per heavy atom. The monoisotopic (exact) mass is 888 g/mol. The van der Waals surface area contributed by atoms with E-state index >= 15 is 0 Å². The Hall–Kier alpha value is -8.32. The molecule has 70 heavy (non-hydrogen) atoms. The van der Waals surface area contributed by atoms with Crippen molar-refractivity contribution in [1.82, 2.24) is 0 Å². The Balaban J connectivity index is 1.07. The summed E-state index contributed by atoms with van der Waals surface area (Å²) >= 11 is 0. The standard InChI is InChI=1S/C70H48/c1-69(2)60-31-16-14-25-48(60)50-35-33-42(37-62(50)69)64-52-27-12-13-28-53(52)65(43-34-36-51-49-26-15-17-32-61(49)70(3,4)63(51)38-43)68-59-40-57-47-24-11-10-23-46(47)56(39-58(57)54-29-18-30-55(66(54)59)67(64)68)45-22-9-8-21-44(45)41-19-6-5-7-20-41/h5-40H,1-4H3. The highest BCUT2D eigenvalue weighted by atomic mass is 14.4. The maximum absolute atomic E-state index is 2.57. The molecule has 0 unspecified atom stereocenters. The molecule has 0 aliphatic heterocycles. The van der Waals surface area contributed by atoms with Crippen LogP contribution < -0.4 is 0 Å². The maximum Gasteiger partial charge on any atom is 0.0159 e. The van der Waals surface area contributed by atoms with Crippen molar-refractivity contribution >= 4 is 43.1 Å². The second-order valence-electron chi connectivity index (χ2n) is 21.0. The van der Waals surface area contributed by atoms with E-state index in [1.54, 1.807) is 0 Å². The molecular formula is C70H48. The Bertz CT molecular complexity index is 4270. The van der Waals surface area contributed by atoms with Crippen LogP contribution in [0.15, 0.2) is 218 Å². The molecule has 0 aromatic heterocycles. The van der Waals surface area contributed by atoms with Crippen LogP contribution in [-0.2, 0) is 10.8 Å². The van der Waals surface area contributed by atoms with Crippen LogP contribution in [-0.4, -0.2) is 0 Å². The second-order valence-corrected chi connectivity index (χ2v) is 21.0. The van der Waals surface area contributed by atoms with Crippen molar-refractivity contribution in [2.24, 2.45) is 0 Å². The summed E-state index contributed by atoms with van der Waals surface area (Å²) in [5.74, 6) is 0. The highest BCUT2D eigenvalue weighted by Gasteiger charge is 2.39. The minimum Gasteiger partial charge on any atom is -0.0622 e. The molecular weight excluding hydrogens is 841 g/mol. The van der Waals surface area contributed by atoms with Gasteiger partial charge >= 0.3 is 0 Å². The first kappa shape index (κ1) is 39.7. The Morgan fingerprint density at radius 3 is 1.26 bits per heavy atom. The van der Waals surface area contributed by atoms with Crippen molar-refractivity contribution in [2.45, 2.75) is 38.5 Å². The quantitative estimate of drug-likeness (QED) is 0.155. The summed E-state index contributed by atoms with van der Waals surface area (Å²) in [4.78, 5) is 0. The molecule has 0 fully saturated rings. The highest BCUT2D eigenvalue weighted by Crippen LogP contribution is 2.61. The Morgan fingerprint density at radius 1 is 0.214 bits per heavy atom. The number of hydrogen-bond acceptors (Lipinski definition) is 0. The first-order chi connectivity index (χ1) is 34.3. The van der Waals surface area contributed by atoms with E-state index in [-0.39, 0.29) is 10.8 Å². The molecule has 3 aliphatic rings. The lowest BCUT2D eigenvalue weighted by atomic mass is 9.78. The van der Waals surface area contributed by atoms with Crippen LogP contribution >= 0.6 is 0 Å². The molecule has 3 aliphatic carbocycles. The fraction of sp³-hybridized carbons (Fsp3) is 0.0857. The molecule has 0 saturated heterocycles. The third-order valence-corrected chi connectivity index (χ3v) is 16.8. The molecule has 0 spiro atoms. The molecule has 0 N–H and O–H groups in total. The van der Waals surface area contributed by atoms with Gasteiger partial charge in [-0.3, -0.25) is 0 Å². The third kappa shape index (κ3) is 5.21. The van der Waals surface area contributed by atoms with Crippen molar-refractivity contribution in [1.29, 1.82) is 0 Å². The minimum atomic E-state index is -0.134. The van der Waals surface area contributed by atoms with Crippen LogP contribution in [0.3, 0.4) is 0 Å². The van der Waals surface area contributed by atoms with Crippen molar-refractivity contribution in [3.63, 3.8) is 0 Å². The molecule has 12 aromatic rings. The zero-order chi connectivity index (χ0) is 46.6. The second kappa shape index (κ2) is 14.1. The molecule has 0 radical (unpaired) electrons. The van der Waals surface area contributed by atoms with Gasteiger partial charge in [-0.1, -0.05) is 222 Å². The number of rotatable bonds is 4. The van der Waals surface area contributed by atoms with Gasteiger partial charge in [0.2, 0.25) is 0 Å². The molecule has 0 bridgehead atoms. The normalized spacial score (nSPS) is 14.2. The van der Waals surface area contributed by atoms with Crippen LogP contribution in [0.5, 0.6) is 0 Å². The predicted octanol–water partition coefficient (Wildman–Crippen LogP) is 19.2. The van der Waals surface area contributed by atoms with Crippen LogP contribution in [0.25, 0.3) is 132 Å². The molecule has 0 heteroatoms. The topological polar surface area (TPSA) is 0 Å². The van der Waals surface area contributed by atoms with E-state index in [0.717, 1.165) is 0 Å². The lowest BCUT2D eigenvalue weighted by Crippen LogP contribution is -2.15. The van der Waals surface area contributed by atoms with Gasteiger partial charge in [0.25, 0.3) is 0 Å². The Labute approximate surface area is 409 Å². The van der Waals surface area contributed by atoms with Gasteiger partial charge in [0.05, 0.1) is 0 Å². The summed E-state index contributed by atoms with van der Waals surface area (Å²) in [5, 5.41) is 10.3. The zero-order valence-corrected chi connectivity index (χ0v) is 39.8. The Kier molecular flexibility index (Phi) is 8.00. The van der Waals surface area contributed by atoms with E-state index in [2.05, 4.69) is 246 Å². The zero-order valence-electron chi connectivity index (χ0n) is 39.8. The SMILES string of the molecule is CC1(C)c2ccccc2-c2ccc(-c3c4c(c(-c5ccc6c(c5)C(C)(C)c5ccccc5-6)c5ccccc35)-c3cc5c6ccccc6c(-c6ccccc6-c6ccccc6)cc5c5cccc-4c35)cc21. The average Bonchev–Trinajstić information content (AvgIpc) is 3.94. The van der Waals surface area contributed by atoms with Crippen molar-refractivity contribution in [3.05, 3.63) is 241 Å². The van der Waals surface area contributed by atoms with E-state index in [0.29, 0.717) is 0 Å². The summed E-state index contributed by atoms with van der Waals surface area (Å²) in [7, 11) is 0. The van der Waals surface area contributed by atoms with Gasteiger partial charge in [-0.25, -0.2) is 0 Å². The summed E-state index contributed by atoms with van der Waals surface area (Å²) in [6.07, 6.45) is 0. The molecule has 328 valence electrons. The van der Waals surface area contributed by atoms with E-state index in [4.69, 9.17) is 0 Å². The molecule has 0 nitrogen and oxygen atoms in total. The summed E-state index contributed by atoms with van der Waals surface area (Å²) < 4.78 is 0. The van der Waals surface area contributed by atoms with E-state index in [1.807, 2.05) is 0 Å². The van der Waals surface area contributed by atoms with Gasteiger partial charge in [-0.15, -0.1) is 0 Å². The van der Waals surface area contributed by atoms with Crippen molar-refractivity contribution in [3.8, 4) is 89.0 Å². The van der Waals surface area contributed by atoms with Gasteiger partial charge in [-0.2, -0.15) is 0 Å². The van der Waals surface area contributed by atoms with E-state index in [1.165, 1.54) is 154 Å². The van der Waals surface area contributed by atoms with Crippen LogP contribution in [0.4, 0.5) is 0 Å². The molecule has 0 saturated carbocycles. The minimum absolute atomic E-state index is 0.131. The molecule has 0 heterocycles. The summed E-state index contributed by atoms with van der Waals surface area (Å²) in [6.45, 7) is 9.61. The average molecular weight is 889 g/mol. The largest absolute Gasteiger partial charge is 0.0622 e. The first-order valence-electron chi connectivity index (χ1n) is 24.9. The lowest BCUT2D eigenvalue weighted by molar-refractivity contribution is 0.660. The van der Waals surface area contributed by atoms with Crippen molar-refractivity contribution in [2.75, 3.05) is 0 Å². The molecule has 0 amide bonds. The molecule has 0 atom stereocenters. The molecule has 15 rings (SSSR count). The van der Waals surface area contributed by atoms with Gasteiger partial charge < -0.3 is 0 Å². The summed E-state index contributed by atoms with van der Waals surface area (Å²) in [5.41, 5.74) is 26.1. The lowest BCUT2D eigenvalue weighted by Gasteiger charge is -2.25. The predicted molar refractivity (Wildman–Crippen MR) is 298 cm³/mol. The van der Waals surface area contributed by atoms with Crippen molar-refractivity contribution < 1.29 is 0 Å². The van der Waals surface area contributed by atoms with E-state index < -0.39 is 0 Å². The maximum atomic E-state index is 2.57. The van der Waals surface area contributed by atoms with Gasteiger partial charge in [0.1, 0.15) is 0 Å². The third-order valence-electron chi connectivity index (χ3n) is 16.8. The van der Waals surface area contributed by atoms with Gasteiger partial charge in [0, 0.05) is 10.8 Å². The van der Waals surface area contributed by atoms with Gasteiger partial charge in [0.15, 0.2) is 0 Å². The number of fused-ring (bicyclic) bond motifs is 14. The molecule has 12 aromatic carbocycles. The van der Waals surface area contributed by atoms with E-state index in [9.17, 15) is 0 Å². The number of benzene rings is 12. The van der Waals surface area contributed by atoms with Crippen LogP contribution in [0, 0.1) is 0 Å². The number of hydrogen-bond donors (Lipinski definition) is 0. The van der Waals surface area contributed by atoms with Gasteiger partial charge in [-0.05, 0) is 179 Å². The first-order valence-corrected chi connectivity index (χ1v) is 24.9. The fourth-order valence-corrected chi connectivity index (χ4v) is 13.6. The van der Waals surface area contributed by atoms with Crippen LogP contribution in [0.2, 0.25) is 0 Å². The van der Waals surface area contributed by atoms with Crippen LogP contribution in [0.1, 0.15) is 49.9 Å². The smallest absolute Gasteiger partial charge is 0.0159 e.